The minimum atomic E-state index is -0.419. The number of hydrogen-bond donors (Lipinski definition) is 1. The van der Waals surface area contributed by atoms with Crippen LogP contribution in [0.1, 0.15) is 30.2 Å². The predicted octanol–water partition coefficient (Wildman–Crippen LogP) is 4.16. The van der Waals surface area contributed by atoms with Gasteiger partial charge in [0.05, 0.1) is 18.9 Å². The molecule has 5 nitrogen and oxygen atoms in total. The molecule has 0 saturated heterocycles. The highest BCUT2D eigenvalue weighted by molar-refractivity contribution is 5.34. The molecule has 0 spiro atoms. The Morgan fingerprint density at radius 2 is 2.17 bits per heavy atom. The van der Waals surface area contributed by atoms with Crippen molar-refractivity contribution in [3.05, 3.63) is 72.0 Å². The van der Waals surface area contributed by atoms with Gasteiger partial charge in [0.1, 0.15) is 11.5 Å². The van der Waals surface area contributed by atoms with Crippen LogP contribution in [0.25, 0.3) is 0 Å². The maximum Gasteiger partial charge on any atom is 0.208 e. The first-order valence-corrected chi connectivity index (χ1v) is 7.64. The highest BCUT2D eigenvalue weighted by Crippen LogP contribution is 2.26. The number of benzene rings is 1. The van der Waals surface area contributed by atoms with Crippen molar-refractivity contribution < 1.29 is 13.5 Å². The van der Waals surface area contributed by atoms with E-state index in [4.69, 9.17) is 9.15 Å². The summed E-state index contributed by atoms with van der Waals surface area (Å²) in [4.78, 5) is 8.07. The summed E-state index contributed by atoms with van der Waals surface area (Å²) in [7, 11) is 0. The van der Waals surface area contributed by atoms with Crippen molar-refractivity contribution in [1.29, 1.82) is 0 Å². The van der Waals surface area contributed by atoms with Gasteiger partial charge in [0.15, 0.2) is 11.6 Å². The van der Waals surface area contributed by atoms with Crippen molar-refractivity contribution in [2.75, 3.05) is 0 Å². The molecule has 0 aliphatic heterocycles. The Bertz CT molecular complexity index is 805. The third kappa shape index (κ3) is 3.97. The molecule has 0 bridgehead atoms. The van der Waals surface area contributed by atoms with E-state index >= 15 is 0 Å². The molecule has 0 amide bonds. The lowest BCUT2D eigenvalue weighted by Gasteiger charge is -2.14. The minimum absolute atomic E-state index is 0.0563. The number of pyridine rings is 1. The van der Waals surface area contributed by atoms with E-state index in [0.29, 0.717) is 18.2 Å². The summed E-state index contributed by atoms with van der Waals surface area (Å²) in [6.45, 7) is 4.27. The molecule has 1 aromatic carbocycles. The van der Waals surface area contributed by atoms with Crippen molar-refractivity contribution in [2.45, 2.75) is 26.4 Å². The number of nitrogens with one attached hydrogen (secondary N) is 1. The monoisotopic (exact) mass is 327 g/mol. The Hall–Kier alpha value is -2.73. The molecule has 2 aromatic heterocycles. The molecule has 0 aliphatic carbocycles. The minimum Gasteiger partial charge on any atom is -0.453 e. The Morgan fingerprint density at radius 3 is 2.83 bits per heavy atom. The number of oxazole rings is 1. The molecular weight excluding hydrogens is 309 g/mol. The molecule has 3 aromatic rings. The summed E-state index contributed by atoms with van der Waals surface area (Å²) >= 11 is 0. The summed E-state index contributed by atoms with van der Waals surface area (Å²) in [6.07, 6.45) is 4.84. The summed E-state index contributed by atoms with van der Waals surface area (Å²) in [5.74, 6) is 1.62. The highest BCUT2D eigenvalue weighted by Gasteiger charge is 2.11. The Labute approximate surface area is 139 Å². The SMILES string of the molecule is Cc1cnc(CNC(C)c2ccc(Oc3cccnc3)c(F)c2)o1. The third-order valence-corrected chi connectivity index (χ3v) is 3.55. The first-order valence-electron chi connectivity index (χ1n) is 7.64. The lowest BCUT2D eigenvalue weighted by Crippen LogP contribution is -2.18. The van der Waals surface area contributed by atoms with Gasteiger partial charge < -0.3 is 14.5 Å². The zero-order chi connectivity index (χ0) is 16.9. The second-order valence-electron chi connectivity index (χ2n) is 5.45. The van der Waals surface area contributed by atoms with Gasteiger partial charge in [-0.2, -0.15) is 0 Å². The van der Waals surface area contributed by atoms with E-state index in [1.54, 1.807) is 30.6 Å². The molecule has 0 fully saturated rings. The van der Waals surface area contributed by atoms with Crippen molar-refractivity contribution in [2.24, 2.45) is 0 Å². The molecular formula is C18H18FN3O2. The van der Waals surface area contributed by atoms with Crippen LogP contribution >= 0.6 is 0 Å². The van der Waals surface area contributed by atoms with E-state index in [0.717, 1.165) is 11.3 Å². The summed E-state index contributed by atoms with van der Waals surface area (Å²) in [6, 6.07) is 8.31. The van der Waals surface area contributed by atoms with Gasteiger partial charge in [0.25, 0.3) is 0 Å². The largest absolute Gasteiger partial charge is 0.453 e. The van der Waals surface area contributed by atoms with Gasteiger partial charge in [0.2, 0.25) is 5.89 Å². The van der Waals surface area contributed by atoms with Gasteiger partial charge in [-0.15, -0.1) is 0 Å². The second-order valence-corrected chi connectivity index (χ2v) is 5.45. The molecule has 0 radical (unpaired) electrons. The lowest BCUT2D eigenvalue weighted by molar-refractivity contribution is 0.427. The molecule has 0 saturated carbocycles. The van der Waals surface area contributed by atoms with Crippen LogP contribution in [0, 0.1) is 12.7 Å². The van der Waals surface area contributed by atoms with E-state index < -0.39 is 5.82 Å². The van der Waals surface area contributed by atoms with Crippen LogP contribution in [0.4, 0.5) is 4.39 Å². The number of ether oxygens (including phenoxy) is 1. The van der Waals surface area contributed by atoms with Crippen LogP contribution in [-0.2, 0) is 6.54 Å². The topological polar surface area (TPSA) is 60.2 Å². The average molecular weight is 327 g/mol. The maximum absolute atomic E-state index is 14.3. The quantitative estimate of drug-likeness (QED) is 0.736. The van der Waals surface area contributed by atoms with Crippen molar-refractivity contribution in [1.82, 2.24) is 15.3 Å². The number of hydrogen-bond acceptors (Lipinski definition) is 5. The van der Waals surface area contributed by atoms with Crippen molar-refractivity contribution in [3.63, 3.8) is 0 Å². The molecule has 2 heterocycles. The smallest absolute Gasteiger partial charge is 0.208 e. The summed E-state index contributed by atoms with van der Waals surface area (Å²) in [5.41, 5.74) is 0.814. The normalized spacial score (nSPS) is 12.1. The molecule has 1 unspecified atom stereocenters. The van der Waals surface area contributed by atoms with Gasteiger partial charge in [-0.05, 0) is 43.7 Å². The molecule has 1 atom stereocenters. The fourth-order valence-electron chi connectivity index (χ4n) is 2.25. The molecule has 1 N–H and O–H groups in total. The van der Waals surface area contributed by atoms with Gasteiger partial charge in [0, 0.05) is 12.2 Å². The Balaban J connectivity index is 1.65. The van der Waals surface area contributed by atoms with Crippen LogP contribution in [0.3, 0.4) is 0 Å². The first kappa shape index (κ1) is 16.1. The molecule has 0 aliphatic rings. The van der Waals surface area contributed by atoms with Crippen molar-refractivity contribution >= 4 is 0 Å². The lowest BCUT2D eigenvalue weighted by atomic mass is 10.1. The average Bonchev–Trinajstić information content (AvgIpc) is 3.01. The number of nitrogens with zero attached hydrogens (tertiary/aromatic N) is 2. The zero-order valence-electron chi connectivity index (χ0n) is 13.5. The van der Waals surface area contributed by atoms with Gasteiger partial charge >= 0.3 is 0 Å². The third-order valence-electron chi connectivity index (χ3n) is 3.55. The molecule has 3 rings (SSSR count). The van der Waals surface area contributed by atoms with E-state index in [-0.39, 0.29) is 11.8 Å². The maximum atomic E-state index is 14.3. The zero-order valence-corrected chi connectivity index (χ0v) is 13.5. The number of rotatable bonds is 6. The first-order chi connectivity index (χ1) is 11.6. The van der Waals surface area contributed by atoms with Crippen LogP contribution in [-0.4, -0.2) is 9.97 Å². The van der Waals surface area contributed by atoms with Crippen LogP contribution in [0.15, 0.2) is 53.3 Å². The fraction of sp³-hybridized carbons (Fsp3) is 0.222. The van der Waals surface area contributed by atoms with Gasteiger partial charge in [-0.3, -0.25) is 4.98 Å². The highest BCUT2D eigenvalue weighted by atomic mass is 19.1. The second kappa shape index (κ2) is 7.23. The van der Waals surface area contributed by atoms with E-state index in [1.807, 2.05) is 19.9 Å². The molecule has 124 valence electrons. The van der Waals surface area contributed by atoms with Crippen LogP contribution in [0.2, 0.25) is 0 Å². The van der Waals surface area contributed by atoms with Crippen molar-refractivity contribution in [3.8, 4) is 11.5 Å². The number of halogens is 1. The van der Waals surface area contributed by atoms with E-state index in [2.05, 4.69) is 15.3 Å². The predicted molar refractivity (Wildman–Crippen MR) is 87.2 cm³/mol. The number of aryl methyl sites for hydroxylation is 1. The Morgan fingerprint density at radius 1 is 1.29 bits per heavy atom. The van der Waals surface area contributed by atoms with Crippen LogP contribution < -0.4 is 10.1 Å². The summed E-state index contributed by atoms with van der Waals surface area (Å²) in [5, 5.41) is 3.25. The molecule has 24 heavy (non-hydrogen) atoms. The Kier molecular flexibility index (Phi) is 4.86. The van der Waals surface area contributed by atoms with Gasteiger partial charge in [-0.1, -0.05) is 6.07 Å². The summed E-state index contributed by atoms with van der Waals surface area (Å²) < 4.78 is 25.2. The molecule has 6 heteroatoms. The van der Waals surface area contributed by atoms with Crippen LogP contribution in [0.5, 0.6) is 11.5 Å². The fourth-order valence-corrected chi connectivity index (χ4v) is 2.25. The number of aromatic nitrogens is 2. The van der Waals surface area contributed by atoms with Gasteiger partial charge in [-0.25, -0.2) is 9.37 Å². The standard InChI is InChI=1S/C18H18FN3O2/c1-12-9-22-18(23-12)11-21-13(2)14-5-6-17(16(19)8-14)24-15-4-3-7-20-10-15/h3-10,13,21H,11H2,1-2H3. The van der Waals surface area contributed by atoms with E-state index in [9.17, 15) is 4.39 Å². The van der Waals surface area contributed by atoms with E-state index in [1.165, 1.54) is 12.3 Å².